The minimum Gasteiger partial charge on any atom is -0.481 e. The molecule has 5 heteroatoms. The van der Waals surface area contributed by atoms with E-state index in [4.69, 9.17) is 5.11 Å². The average molecular weight is 242 g/mol. The molecule has 16 heavy (non-hydrogen) atoms. The zero-order chi connectivity index (χ0) is 12.5. The summed E-state index contributed by atoms with van der Waals surface area (Å²) in [6.07, 6.45) is 1.13. The second-order valence-electron chi connectivity index (χ2n) is 3.86. The molecule has 0 saturated heterocycles. The van der Waals surface area contributed by atoms with Crippen LogP contribution in [0.5, 0.6) is 0 Å². The van der Waals surface area contributed by atoms with Gasteiger partial charge in [-0.2, -0.15) is 0 Å². The predicted molar refractivity (Wildman–Crippen MR) is 60.3 cm³/mol. The molecule has 0 fully saturated rings. The third kappa shape index (κ3) is 2.61. The summed E-state index contributed by atoms with van der Waals surface area (Å²) < 4.78 is 22.7. The molecule has 0 aromatic heterocycles. The first-order valence-corrected chi connectivity index (χ1v) is 6.66. The zero-order valence-corrected chi connectivity index (χ0v) is 10.2. The maximum Gasteiger partial charge on any atom is 0.310 e. The van der Waals surface area contributed by atoms with Gasteiger partial charge in [-0.1, -0.05) is 12.1 Å². The summed E-state index contributed by atoms with van der Waals surface area (Å²) in [6.45, 7) is 3.23. The summed E-state index contributed by atoms with van der Waals surface area (Å²) in [5.41, 5.74) is 1.19. The van der Waals surface area contributed by atoms with Crippen LogP contribution < -0.4 is 0 Å². The first-order chi connectivity index (χ1) is 7.23. The fraction of sp³-hybridized carbons (Fsp3) is 0.364. The van der Waals surface area contributed by atoms with Crippen LogP contribution in [0.15, 0.2) is 23.1 Å². The third-order valence-corrected chi connectivity index (χ3v) is 3.73. The van der Waals surface area contributed by atoms with Gasteiger partial charge in [0.05, 0.1) is 10.8 Å². The van der Waals surface area contributed by atoms with Crippen LogP contribution in [0.1, 0.15) is 24.0 Å². The van der Waals surface area contributed by atoms with Crippen molar-refractivity contribution >= 4 is 15.8 Å². The summed E-state index contributed by atoms with van der Waals surface area (Å²) >= 11 is 0. The molecule has 0 bridgehead atoms. The lowest BCUT2D eigenvalue weighted by molar-refractivity contribution is -0.138. The molecule has 1 N–H and O–H groups in total. The fourth-order valence-electron chi connectivity index (χ4n) is 1.50. The summed E-state index contributed by atoms with van der Waals surface area (Å²) in [6, 6.07) is 4.61. The number of carboxylic acids is 1. The highest BCUT2D eigenvalue weighted by Gasteiger charge is 2.16. The summed E-state index contributed by atoms with van der Waals surface area (Å²) in [5, 5.41) is 8.84. The number of benzene rings is 1. The minimum atomic E-state index is -3.24. The number of carbonyl (C=O) groups is 1. The molecule has 1 rings (SSSR count). The molecule has 1 aromatic rings. The van der Waals surface area contributed by atoms with Crippen molar-refractivity contribution in [1.82, 2.24) is 0 Å². The van der Waals surface area contributed by atoms with Crippen molar-refractivity contribution < 1.29 is 18.3 Å². The van der Waals surface area contributed by atoms with Gasteiger partial charge in [0.2, 0.25) is 0 Å². The Morgan fingerprint density at radius 3 is 2.31 bits per heavy atom. The topological polar surface area (TPSA) is 71.4 Å². The Kier molecular flexibility index (Phi) is 3.38. The molecule has 88 valence electrons. The van der Waals surface area contributed by atoms with Crippen LogP contribution in [0.25, 0.3) is 0 Å². The number of rotatable bonds is 3. The first kappa shape index (κ1) is 12.7. The van der Waals surface area contributed by atoms with Crippen LogP contribution >= 0.6 is 0 Å². The van der Waals surface area contributed by atoms with Crippen LogP contribution in [0.2, 0.25) is 0 Å². The molecule has 0 aliphatic carbocycles. The maximum atomic E-state index is 11.4. The Morgan fingerprint density at radius 2 is 1.94 bits per heavy atom. The molecule has 1 unspecified atom stereocenters. The number of aryl methyl sites for hydroxylation is 1. The molecule has 0 aliphatic heterocycles. The van der Waals surface area contributed by atoms with E-state index in [1.165, 1.54) is 6.07 Å². The van der Waals surface area contributed by atoms with Crippen molar-refractivity contribution in [3.8, 4) is 0 Å². The van der Waals surface area contributed by atoms with Gasteiger partial charge in [0.1, 0.15) is 0 Å². The Bertz CT molecular complexity index is 517. The van der Waals surface area contributed by atoms with Crippen molar-refractivity contribution in [2.24, 2.45) is 0 Å². The van der Waals surface area contributed by atoms with E-state index in [0.717, 1.165) is 6.26 Å². The molecular formula is C11H14O4S. The maximum absolute atomic E-state index is 11.4. The second kappa shape index (κ2) is 4.25. The Labute approximate surface area is 94.8 Å². The minimum absolute atomic E-state index is 0.244. The SMILES string of the molecule is Cc1cc(C(C)C(=O)O)ccc1S(C)(=O)=O. The molecule has 0 heterocycles. The molecule has 0 spiro atoms. The van der Waals surface area contributed by atoms with Crippen molar-refractivity contribution in [2.45, 2.75) is 24.7 Å². The van der Waals surface area contributed by atoms with Gasteiger partial charge < -0.3 is 5.11 Å². The summed E-state index contributed by atoms with van der Waals surface area (Å²) in [7, 11) is -3.24. The van der Waals surface area contributed by atoms with Crippen molar-refractivity contribution in [3.63, 3.8) is 0 Å². The predicted octanol–water partition coefficient (Wildman–Crippen LogP) is 1.59. The van der Waals surface area contributed by atoms with E-state index in [2.05, 4.69) is 0 Å². The van der Waals surface area contributed by atoms with Gasteiger partial charge in [0.25, 0.3) is 0 Å². The van der Waals surface area contributed by atoms with Gasteiger partial charge in [-0.3, -0.25) is 4.79 Å². The second-order valence-corrected chi connectivity index (χ2v) is 5.84. The van der Waals surface area contributed by atoms with Crippen molar-refractivity contribution in [1.29, 1.82) is 0 Å². The van der Waals surface area contributed by atoms with E-state index in [0.29, 0.717) is 11.1 Å². The number of hydrogen-bond acceptors (Lipinski definition) is 3. The van der Waals surface area contributed by atoms with Gasteiger partial charge in [0.15, 0.2) is 9.84 Å². The van der Waals surface area contributed by atoms with Crippen LogP contribution in [0, 0.1) is 6.92 Å². The number of carboxylic acid groups (broad SMARTS) is 1. The van der Waals surface area contributed by atoms with E-state index in [1.54, 1.807) is 26.0 Å². The first-order valence-electron chi connectivity index (χ1n) is 4.77. The van der Waals surface area contributed by atoms with E-state index in [1.807, 2.05) is 0 Å². The fourth-order valence-corrected chi connectivity index (χ4v) is 2.46. The lowest BCUT2D eigenvalue weighted by Crippen LogP contribution is -2.08. The molecule has 1 atom stereocenters. The van der Waals surface area contributed by atoms with Crippen LogP contribution in [0.3, 0.4) is 0 Å². The number of hydrogen-bond donors (Lipinski definition) is 1. The highest BCUT2D eigenvalue weighted by atomic mass is 32.2. The Balaban J connectivity index is 3.25. The molecule has 0 amide bonds. The number of sulfone groups is 1. The van der Waals surface area contributed by atoms with E-state index in [-0.39, 0.29) is 4.90 Å². The van der Waals surface area contributed by atoms with Crippen LogP contribution in [0.4, 0.5) is 0 Å². The molecule has 0 saturated carbocycles. The molecule has 0 aliphatic rings. The molecule has 0 radical (unpaired) electrons. The lowest BCUT2D eigenvalue weighted by atomic mass is 10.00. The monoisotopic (exact) mass is 242 g/mol. The Hall–Kier alpha value is -1.36. The highest BCUT2D eigenvalue weighted by molar-refractivity contribution is 7.90. The van der Waals surface area contributed by atoms with E-state index < -0.39 is 21.7 Å². The largest absolute Gasteiger partial charge is 0.481 e. The van der Waals surface area contributed by atoms with Crippen LogP contribution in [-0.2, 0) is 14.6 Å². The van der Waals surface area contributed by atoms with Gasteiger partial charge in [0, 0.05) is 6.26 Å². The summed E-state index contributed by atoms with van der Waals surface area (Å²) in [4.78, 5) is 11.0. The lowest BCUT2D eigenvalue weighted by Gasteiger charge is -2.10. The summed E-state index contributed by atoms with van der Waals surface area (Å²) in [5.74, 6) is -1.56. The van der Waals surface area contributed by atoms with Crippen LogP contribution in [-0.4, -0.2) is 25.7 Å². The third-order valence-electron chi connectivity index (χ3n) is 2.47. The molecule has 1 aromatic carbocycles. The van der Waals surface area contributed by atoms with E-state index in [9.17, 15) is 13.2 Å². The standard InChI is InChI=1S/C11H14O4S/c1-7-6-9(8(2)11(12)13)4-5-10(7)16(3,14)15/h4-6,8H,1-3H3,(H,12,13). The van der Waals surface area contributed by atoms with Gasteiger partial charge in [-0.05, 0) is 31.0 Å². The van der Waals surface area contributed by atoms with E-state index >= 15 is 0 Å². The Morgan fingerprint density at radius 1 is 1.38 bits per heavy atom. The average Bonchev–Trinajstić information content (AvgIpc) is 2.14. The van der Waals surface area contributed by atoms with Gasteiger partial charge >= 0.3 is 5.97 Å². The normalized spacial score (nSPS) is 13.4. The highest BCUT2D eigenvalue weighted by Crippen LogP contribution is 2.22. The van der Waals surface area contributed by atoms with Crippen molar-refractivity contribution in [2.75, 3.05) is 6.26 Å². The molecular weight excluding hydrogens is 228 g/mol. The van der Waals surface area contributed by atoms with Gasteiger partial charge in [-0.15, -0.1) is 0 Å². The zero-order valence-electron chi connectivity index (χ0n) is 9.39. The smallest absolute Gasteiger partial charge is 0.310 e. The van der Waals surface area contributed by atoms with Gasteiger partial charge in [-0.25, -0.2) is 8.42 Å². The number of aliphatic carboxylic acids is 1. The molecule has 4 nitrogen and oxygen atoms in total. The van der Waals surface area contributed by atoms with Crippen molar-refractivity contribution in [3.05, 3.63) is 29.3 Å². The quantitative estimate of drug-likeness (QED) is 0.873.